The maximum absolute atomic E-state index is 13.1. The van der Waals surface area contributed by atoms with Crippen molar-refractivity contribution in [3.63, 3.8) is 0 Å². The Morgan fingerprint density at radius 1 is 0.897 bits per heavy atom. The number of aryl methyl sites for hydroxylation is 2. The maximum Gasteiger partial charge on any atom is 0.246 e. The minimum Gasteiger partial charge on any atom is -0.497 e. The summed E-state index contributed by atoms with van der Waals surface area (Å²) in [6.45, 7) is 1.77. The molecule has 0 N–H and O–H groups in total. The van der Waals surface area contributed by atoms with E-state index in [2.05, 4.69) is 5.10 Å². The molecule has 29 heavy (non-hydrogen) atoms. The number of sulfonamides is 2. The minimum absolute atomic E-state index is 0.0150. The molecule has 2 heterocycles. The molecule has 0 aliphatic carbocycles. The largest absolute Gasteiger partial charge is 0.497 e. The topological polar surface area (TPSA) is 111 Å². The smallest absolute Gasteiger partial charge is 0.246 e. The molecule has 10 nitrogen and oxygen atoms in total. The summed E-state index contributed by atoms with van der Waals surface area (Å²) in [7, 11) is -3.14. The van der Waals surface area contributed by atoms with Crippen molar-refractivity contribution >= 4 is 20.0 Å². The lowest BCUT2D eigenvalue weighted by atomic mass is 10.3. The first-order chi connectivity index (χ1) is 13.6. The van der Waals surface area contributed by atoms with Crippen molar-refractivity contribution in [2.24, 2.45) is 7.05 Å². The van der Waals surface area contributed by atoms with Crippen molar-refractivity contribution in [3.05, 3.63) is 30.1 Å². The van der Waals surface area contributed by atoms with E-state index in [9.17, 15) is 16.8 Å². The third-order valence-electron chi connectivity index (χ3n) is 4.77. The van der Waals surface area contributed by atoms with Crippen LogP contribution in [0.25, 0.3) is 0 Å². The second kappa shape index (κ2) is 7.94. The van der Waals surface area contributed by atoms with Gasteiger partial charge in [-0.25, -0.2) is 16.8 Å². The highest BCUT2D eigenvalue weighted by Gasteiger charge is 2.36. The van der Waals surface area contributed by atoms with Crippen LogP contribution in [0.15, 0.2) is 34.2 Å². The van der Waals surface area contributed by atoms with Gasteiger partial charge in [0.05, 0.1) is 19.9 Å². The van der Waals surface area contributed by atoms with Gasteiger partial charge in [-0.3, -0.25) is 4.68 Å². The number of nitrogens with zero attached hydrogens (tertiary/aromatic N) is 4. The zero-order chi connectivity index (χ0) is 21.4. The summed E-state index contributed by atoms with van der Waals surface area (Å²) < 4.78 is 66.4. The fourth-order valence-electron chi connectivity index (χ4n) is 3.25. The van der Waals surface area contributed by atoms with Crippen molar-refractivity contribution in [1.82, 2.24) is 18.4 Å². The molecule has 12 heteroatoms. The summed E-state index contributed by atoms with van der Waals surface area (Å²) in [4.78, 5) is 0.115. The maximum atomic E-state index is 13.1. The van der Waals surface area contributed by atoms with Crippen LogP contribution >= 0.6 is 0 Å². The van der Waals surface area contributed by atoms with Crippen LogP contribution in [0, 0.1) is 6.92 Å². The Hall–Kier alpha value is -2.15. The molecule has 1 saturated heterocycles. The Morgan fingerprint density at radius 2 is 1.45 bits per heavy atom. The third kappa shape index (κ3) is 3.97. The molecular formula is C17H24N4O6S2. The van der Waals surface area contributed by atoms with Crippen LogP contribution in [0.3, 0.4) is 0 Å². The standard InChI is InChI=1S/C17H24N4O6S2/c1-13-17(12-19(2)18-13)29(24,25)21-9-7-20(8-10-21)28(22,23)16-11-14(26-3)5-6-15(16)27-4/h5-6,11-12H,7-10H2,1-4H3. The van der Waals surface area contributed by atoms with Crippen LogP contribution < -0.4 is 9.47 Å². The normalized spacial score (nSPS) is 16.7. The molecule has 1 aromatic heterocycles. The predicted molar refractivity (Wildman–Crippen MR) is 105 cm³/mol. The average molecular weight is 445 g/mol. The van der Waals surface area contributed by atoms with Gasteiger partial charge in [-0.1, -0.05) is 0 Å². The van der Waals surface area contributed by atoms with Crippen LogP contribution in [0.1, 0.15) is 5.69 Å². The van der Waals surface area contributed by atoms with E-state index in [0.29, 0.717) is 11.4 Å². The van der Waals surface area contributed by atoms with Gasteiger partial charge in [-0.2, -0.15) is 13.7 Å². The molecule has 160 valence electrons. The summed E-state index contributed by atoms with van der Waals surface area (Å²) in [5.74, 6) is 0.587. The fraction of sp³-hybridized carbons (Fsp3) is 0.471. The fourth-order valence-corrected chi connectivity index (χ4v) is 6.46. The molecule has 1 aliphatic heterocycles. The second-order valence-electron chi connectivity index (χ2n) is 6.58. The number of hydrogen-bond acceptors (Lipinski definition) is 7. The van der Waals surface area contributed by atoms with Crippen molar-refractivity contribution in [2.45, 2.75) is 16.7 Å². The highest BCUT2D eigenvalue weighted by molar-refractivity contribution is 7.89. The van der Waals surface area contributed by atoms with Gasteiger partial charge < -0.3 is 9.47 Å². The molecule has 1 fully saturated rings. The lowest BCUT2D eigenvalue weighted by molar-refractivity contribution is 0.271. The van der Waals surface area contributed by atoms with Gasteiger partial charge in [0.1, 0.15) is 21.3 Å². The number of methoxy groups -OCH3 is 2. The molecule has 0 saturated carbocycles. The molecule has 0 amide bonds. The average Bonchev–Trinajstić information content (AvgIpc) is 3.06. The first kappa shape index (κ1) is 21.6. The van der Waals surface area contributed by atoms with Gasteiger partial charge in [0, 0.05) is 45.5 Å². The quantitative estimate of drug-likeness (QED) is 0.636. The molecule has 0 unspecified atom stereocenters. The molecule has 1 aromatic carbocycles. The van der Waals surface area contributed by atoms with E-state index in [1.807, 2.05) is 0 Å². The molecule has 0 radical (unpaired) electrons. The third-order valence-corrected chi connectivity index (χ3v) is 8.69. The second-order valence-corrected chi connectivity index (χ2v) is 10.4. The summed E-state index contributed by atoms with van der Waals surface area (Å²) in [6, 6.07) is 4.53. The zero-order valence-corrected chi connectivity index (χ0v) is 18.3. The van der Waals surface area contributed by atoms with Crippen molar-refractivity contribution in [3.8, 4) is 11.5 Å². The monoisotopic (exact) mass is 444 g/mol. The predicted octanol–water partition coefficient (Wildman–Crippen LogP) is 0.441. The van der Waals surface area contributed by atoms with Gasteiger partial charge in [0.15, 0.2) is 0 Å². The lowest BCUT2D eigenvalue weighted by Crippen LogP contribution is -2.50. The van der Waals surface area contributed by atoms with Gasteiger partial charge in [-0.05, 0) is 19.1 Å². The molecule has 0 bridgehead atoms. The van der Waals surface area contributed by atoms with Crippen LogP contribution in [0.4, 0.5) is 0 Å². The number of benzene rings is 1. The van der Waals surface area contributed by atoms with Crippen LogP contribution in [-0.2, 0) is 27.1 Å². The summed E-state index contributed by atoms with van der Waals surface area (Å²) >= 11 is 0. The van der Waals surface area contributed by atoms with Crippen molar-refractivity contribution in [2.75, 3.05) is 40.4 Å². The van der Waals surface area contributed by atoms with Gasteiger partial charge in [-0.15, -0.1) is 0 Å². The van der Waals surface area contributed by atoms with Gasteiger partial charge >= 0.3 is 0 Å². The Balaban J connectivity index is 1.83. The molecule has 0 atom stereocenters. The highest BCUT2D eigenvalue weighted by Crippen LogP contribution is 2.31. The number of piperazine rings is 1. The molecule has 2 aromatic rings. The van der Waals surface area contributed by atoms with E-state index in [0.717, 1.165) is 0 Å². The van der Waals surface area contributed by atoms with E-state index in [1.165, 1.54) is 45.8 Å². The Bertz CT molecular complexity index is 1100. The number of rotatable bonds is 6. The number of ether oxygens (including phenoxy) is 2. The molecule has 3 rings (SSSR count). The highest BCUT2D eigenvalue weighted by atomic mass is 32.2. The Kier molecular flexibility index (Phi) is 5.90. The molecule has 1 aliphatic rings. The van der Waals surface area contributed by atoms with E-state index in [-0.39, 0.29) is 41.7 Å². The molecular weight excluding hydrogens is 420 g/mol. The summed E-state index contributed by atoms with van der Waals surface area (Å²) in [5.41, 5.74) is 0.406. The lowest BCUT2D eigenvalue weighted by Gasteiger charge is -2.33. The Labute approximate surface area is 170 Å². The minimum atomic E-state index is -3.88. The molecule has 0 spiro atoms. The number of aromatic nitrogens is 2. The first-order valence-electron chi connectivity index (χ1n) is 8.84. The van der Waals surface area contributed by atoms with Crippen LogP contribution in [-0.4, -0.2) is 75.6 Å². The Morgan fingerprint density at radius 3 is 1.90 bits per heavy atom. The van der Waals surface area contributed by atoms with Crippen LogP contribution in [0.5, 0.6) is 11.5 Å². The van der Waals surface area contributed by atoms with E-state index in [4.69, 9.17) is 9.47 Å². The SMILES string of the molecule is COc1ccc(OC)c(S(=O)(=O)N2CCN(S(=O)(=O)c3cn(C)nc3C)CC2)c1. The van der Waals surface area contributed by atoms with Crippen molar-refractivity contribution < 1.29 is 26.3 Å². The van der Waals surface area contributed by atoms with Gasteiger partial charge in [0.2, 0.25) is 20.0 Å². The zero-order valence-electron chi connectivity index (χ0n) is 16.7. The van der Waals surface area contributed by atoms with Crippen LogP contribution in [0.2, 0.25) is 0 Å². The number of hydrogen-bond donors (Lipinski definition) is 0. The van der Waals surface area contributed by atoms with E-state index >= 15 is 0 Å². The van der Waals surface area contributed by atoms with E-state index in [1.54, 1.807) is 20.0 Å². The van der Waals surface area contributed by atoms with E-state index < -0.39 is 20.0 Å². The van der Waals surface area contributed by atoms with Crippen molar-refractivity contribution in [1.29, 1.82) is 0 Å². The summed E-state index contributed by atoms with van der Waals surface area (Å²) in [6.07, 6.45) is 1.45. The summed E-state index contributed by atoms with van der Waals surface area (Å²) in [5, 5.41) is 4.08. The van der Waals surface area contributed by atoms with Gasteiger partial charge in [0.25, 0.3) is 0 Å². The first-order valence-corrected chi connectivity index (χ1v) is 11.7.